The monoisotopic (exact) mass is 512 g/mol. The molecule has 9 nitrogen and oxygen atoms in total. The van der Waals surface area contributed by atoms with Crippen LogP contribution < -0.4 is 14.4 Å². The molecule has 1 fully saturated rings. The minimum Gasteiger partial charge on any atom is -0.481 e. The molecule has 4 rings (SSSR count). The lowest BCUT2D eigenvalue weighted by molar-refractivity contribution is -0.142. The number of carbonyl (C=O) groups excluding carboxylic acids is 1. The average Bonchev–Trinajstić information content (AvgIpc) is 3.33. The van der Waals surface area contributed by atoms with E-state index in [1.54, 1.807) is 13.2 Å². The van der Waals surface area contributed by atoms with Crippen LogP contribution >= 0.6 is 0 Å². The zero-order chi connectivity index (χ0) is 26.5. The summed E-state index contributed by atoms with van der Waals surface area (Å²) in [6.45, 7) is 6.63. The standard InChI is InChI=1S/C28H36N2O7/c1-18(2)23-12-24(26(37-17-35-4)13-25(23)36-16-34-3)27(31)30-14-20-5-6-22(11-21(20)15-30)29-9-7-19(8-10-29)28(32)33/h5-6,11-13,18-19H,7-10,14-17H2,1-4H3,(H,32,33). The van der Waals surface area contributed by atoms with Gasteiger partial charge in [0.15, 0.2) is 13.6 Å². The number of rotatable bonds is 10. The van der Waals surface area contributed by atoms with Crippen LogP contribution in [0.15, 0.2) is 30.3 Å². The third kappa shape index (κ3) is 5.99. The van der Waals surface area contributed by atoms with Gasteiger partial charge >= 0.3 is 5.97 Å². The van der Waals surface area contributed by atoms with E-state index in [2.05, 4.69) is 23.1 Å². The van der Waals surface area contributed by atoms with Crippen LogP contribution in [-0.4, -0.2) is 62.8 Å². The SMILES string of the molecule is COCOc1cc(OCOC)c(C(C)C)cc1C(=O)N1Cc2ccc(N3CCC(C(=O)O)CC3)cc2C1. The zero-order valence-electron chi connectivity index (χ0n) is 22.0. The molecule has 9 heteroatoms. The van der Waals surface area contributed by atoms with Crippen molar-refractivity contribution < 1.29 is 33.6 Å². The molecule has 1 amide bonds. The van der Waals surface area contributed by atoms with E-state index in [1.165, 1.54) is 7.11 Å². The maximum atomic E-state index is 13.8. The highest BCUT2D eigenvalue weighted by atomic mass is 16.7. The fourth-order valence-corrected chi connectivity index (χ4v) is 4.96. The van der Waals surface area contributed by atoms with Gasteiger partial charge in [-0.3, -0.25) is 9.59 Å². The third-order valence-electron chi connectivity index (χ3n) is 7.04. The number of amides is 1. The van der Waals surface area contributed by atoms with E-state index in [0.29, 0.717) is 56.1 Å². The molecule has 0 spiro atoms. The van der Waals surface area contributed by atoms with Crippen LogP contribution in [0.4, 0.5) is 5.69 Å². The van der Waals surface area contributed by atoms with Gasteiger partial charge in [-0.2, -0.15) is 0 Å². The minimum atomic E-state index is -0.712. The molecular weight excluding hydrogens is 476 g/mol. The molecule has 2 aliphatic rings. The predicted octanol–water partition coefficient (Wildman–Crippen LogP) is 4.23. The molecule has 2 aromatic carbocycles. The Morgan fingerprint density at radius 2 is 1.59 bits per heavy atom. The Kier molecular flexibility index (Phi) is 8.56. The molecule has 1 N–H and O–H groups in total. The van der Waals surface area contributed by atoms with E-state index in [1.807, 2.05) is 24.8 Å². The fourth-order valence-electron chi connectivity index (χ4n) is 4.96. The van der Waals surface area contributed by atoms with Crippen LogP contribution in [0.5, 0.6) is 11.5 Å². The first-order chi connectivity index (χ1) is 17.8. The number of ether oxygens (including phenoxy) is 4. The first-order valence-electron chi connectivity index (χ1n) is 12.6. The largest absolute Gasteiger partial charge is 0.481 e. The molecule has 0 radical (unpaired) electrons. The predicted molar refractivity (Wildman–Crippen MR) is 138 cm³/mol. The molecule has 1 saturated heterocycles. The molecule has 0 atom stereocenters. The smallest absolute Gasteiger partial charge is 0.306 e. The third-order valence-corrected chi connectivity index (χ3v) is 7.04. The number of hydrogen-bond donors (Lipinski definition) is 1. The van der Waals surface area contributed by atoms with Gasteiger partial charge in [0, 0.05) is 52.2 Å². The average molecular weight is 513 g/mol. The molecule has 0 bridgehead atoms. The van der Waals surface area contributed by atoms with Crippen molar-refractivity contribution in [1.82, 2.24) is 4.90 Å². The van der Waals surface area contributed by atoms with E-state index in [9.17, 15) is 14.7 Å². The molecular formula is C28H36N2O7. The second kappa shape index (κ2) is 11.8. The molecule has 200 valence electrons. The summed E-state index contributed by atoms with van der Waals surface area (Å²) >= 11 is 0. The maximum absolute atomic E-state index is 13.8. The lowest BCUT2D eigenvalue weighted by Gasteiger charge is -2.32. The number of benzene rings is 2. The number of aliphatic carboxylic acids is 1. The van der Waals surface area contributed by atoms with Gasteiger partial charge in [-0.25, -0.2) is 0 Å². The Morgan fingerprint density at radius 1 is 0.946 bits per heavy atom. The van der Waals surface area contributed by atoms with Crippen molar-refractivity contribution in [3.05, 3.63) is 52.6 Å². The molecule has 37 heavy (non-hydrogen) atoms. The van der Waals surface area contributed by atoms with Crippen LogP contribution in [-0.2, 0) is 27.4 Å². The van der Waals surface area contributed by atoms with Crippen LogP contribution in [0.2, 0.25) is 0 Å². The number of piperidine rings is 1. The molecule has 2 aromatic rings. The van der Waals surface area contributed by atoms with Crippen molar-refractivity contribution >= 4 is 17.6 Å². The number of carboxylic acid groups (broad SMARTS) is 1. The van der Waals surface area contributed by atoms with Crippen molar-refractivity contribution in [2.45, 2.75) is 45.7 Å². The highest BCUT2D eigenvalue weighted by Crippen LogP contribution is 2.37. The summed E-state index contributed by atoms with van der Waals surface area (Å²) in [7, 11) is 3.09. The molecule has 0 aromatic heterocycles. The van der Waals surface area contributed by atoms with Crippen LogP contribution in [0.25, 0.3) is 0 Å². The Hall–Kier alpha value is -3.30. The van der Waals surface area contributed by atoms with E-state index >= 15 is 0 Å². The van der Waals surface area contributed by atoms with Gasteiger partial charge in [0.2, 0.25) is 0 Å². The summed E-state index contributed by atoms with van der Waals surface area (Å²) in [6.07, 6.45) is 1.28. The molecule has 2 heterocycles. The number of methoxy groups -OCH3 is 2. The van der Waals surface area contributed by atoms with Crippen molar-refractivity contribution in [2.75, 3.05) is 45.8 Å². The number of nitrogens with zero attached hydrogens (tertiary/aromatic N) is 2. The lowest BCUT2D eigenvalue weighted by Crippen LogP contribution is -2.36. The Bertz CT molecular complexity index is 1130. The van der Waals surface area contributed by atoms with Crippen molar-refractivity contribution in [1.29, 1.82) is 0 Å². The van der Waals surface area contributed by atoms with E-state index in [0.717, 1.165) is 22.4 Å². The van der Waals surface area contributed by atoms with Gasteiger partial charge in [0.1, 0.15) is 11.5 Å². The molecule has 0 saturated carbocycles. The van der Waals surface area contributed by atoms with Gasteiger partial charge in [0.05, 0.1) is 11.5 Å². The second-order valence-electron chi connectivity index (χ2n) is 9.86. The Morgan fingerprint density at radius 3 is 2.22 bits per heavy atom. The minimum absolute atomic E-state index is 0.00712. The number of hydrogen-bond acceptors (Lipinski definition) is 7. The lowest BCUT2D eigenvalue weighted by atomic mass is 9.96. The normalized spacial score (nSPS) is 15.7. The van der Waals surface area contributed by atoms with E-state index in [4.69, 9.17) is 18.9 Å². The summed E-state index contributed by atoms with van der Waals surface area (Å²) in [5, 5.41) is 9.28. The first-order valence-corrected chi connectivity index (χ1v) is 12.6. The zero-order valence-corrected chi connectivity index (χ0v) is 22.0. The van der Waals surface area contributed by atoms with Crippen molar-refractivity contribution in [3.63, 3.8) is 0 Å². The molecule has 2 aliphatic heterocycles. The summed E-state index contributed by atoms with van der Waals surface area (Å²) < 4.78 is 21.7. The fraction of sp³-hybridized carbons (Fsp3) is 0.500. The highest BCUT2D eigenvalue weighted by molar-refractivity contribution is 5.98. The number of carbonyl (C=O) groups is 2. The van der Waals surface area contributed by atoms with Crippen LogP contribution in [0.3, 0.4) is 0 Å². The van der Waals surface area contributed by atoms with Crippen molar-refractivity contribution in [3.8, 4) is 11.5 Å². The number of fused-ring (bicyclic) bond motifs is 1. The van der Waals surface area contributed by atoms with Gasteiger partial charge in [-0.1, -0.05) is 19.9 Å². The Labute approximate surface area is 217 Å². The van der Waals surface area contributed by atoms with Crippen molar-refractivity contribution in [2.24, 2.45) is 5.92 Å². The molecule has 0 unspecified atom stereocenters. The summed E-state index contributed by atoms with van der Waals surface area (Å²) in [5.41, 5.74) is 4.65. The Balaban J connectivity index is 1.54. The summed E-state index contributed by atoms with van der Waals surface area (Å²) in [5.74, 6) is 0.0384. The van der Waals surface area contributed by atoms with Gasteiger partial charge in [-0.15, -0.1) is 0 Å². The highest BCUT2D eigenvalue weighted by Gasteiger charge is 2.30. The number of carboxylic acids is 1. The van der Waals surface area contributed by atoms with Gasteiger partial charge < -0.3 is 33.9 Å². The summed E-state index contributed by atoms with van der Waals surface area (Å²) in [6, 6.07) is 9.87. The first kappa shape index (κ1) is 26.8. The van der Waals surface area contributed by atoms with Gasteiger partial charge in [-0.05, 0) is 53.6 Å². The van der Waals surface area contributed by atoms with E-state index < -0.39 is 5.97 Å². The molecule has 0 aliphatic carbocycles. The summed E-state index contributed by atoms with van der Waals surface area (Å²) in [4.78, 5) is 29.1. The topological polar surface area (TPSA) is 97.8 Å². The van der Waals surface area contributed by atoms with Gasteiger partial charge in [0.25, 0.3) is 5.91 Å². The quantitative estimate of drug-likeness (QED) is 0.473. The number of anilines is 1. The van der Waals surface area contributed by atoms with Crippen LogP contribution in [0.1, 0.15) is 59.7 Å². The maximum Gasteiger partial charge on any atom is 0.306 e. The van der Waals surface area contributed by atoms with E-state index in [-0.39, 0.29) is 31.3 Å². The second-order valence-corrected chi connectivity index (χ2v) is 9.86. The van der Waals surface area contributed by atoms with Crippen LogP contribution in [0, 0.1) is 5.92 Å².